The molecule has 0 aliphatic carbocycles. The van der Waals surface area contributed by atoms with Gasteiger partial charge < -0.3 is 0 Å². The molecule has 178 valence electrons. The summed E-state index contributed by atoms with van der Waals surface area (Å²) >= 11 is 0. The van der Waals surface area contributed by atoms with Crippen LogP contribution in [0.25, 0.3) is 66.1 Å². The third-order valence-electron chi connectivity index (χ3n) is 7.44. The van der Waals surface area contributed by atoms with Gasteiger partial charge in [-0.3, -0.25) is 0 Å². The summed E-state index contributed by atoms with van der Waals surface area (Å²) in [6.45, 7) is 0. The van der Waals surface area contributed by atoms with Gasteiger partial charge in [0.1, 0.15) is 0 Å². The van der Waals surface area contributed by atoms with Crippen molar-refractivity contribution < 1.29 is 0 Å². The van der Waals surface area contributed by atoms with E-state index in [1.807, 2.05) is 0 Å². The first-order valence-electron chi connectivity index (χ1n) is 13.1. The lowest BCUT2D eigenvalue weighted by Gasteiger charge is -2.11. The van der Waals surface area contributed by atoms with E-state index in [1.54, 1.807) is 0 Å². The second-order valence-electron chi connectivity index (χ2n) is 9.83. The van der Waals surface area contributed by atoms with Crippen molar-refractivity contribution >= 4 is 21.5 Å². The number of hydrogen-bond acceptors (Lipinski definition) is 0. The van der Waals surface area contributed by atoms with Crippen LogP contribution in [0.3, 0.4) is 0 Å². The maximum absolute atomic E-state index is 2.31. The van der Waals surface area contributed by atoms with Gasteiger partial charge in [0.2, 0.25) is 0 Å². The van der Waals surface area contributed by atoms with Gasteiger partial charge in [0.05, 0.1) is 0 Å². The zero-order chi connectivity index (χ0) is 25.3. The molecule has 0 aromatic heterocycles. The van der Waals surface area contributed by atoms with Gasteiger partial charge in [0.15, 0.2) is 0 Å². The fourth-order valence-electron chi connectivity index (χ4n) is 5.46. The summed E-state index contributed by atoms with van der Waals surface area (Å²) < 4.78 is 0. The molecule has 0 radical (unpaired) electrons. The van der Waals surface area contributed by atoms with E-state index in [-0.39, 0.29) is 0 Å². The lowest BCUT2D eigenvalue weighted by atomic mass is 9.94. The predicted octanol–water partition coefficient (Wildman–Crippen LogP) is 10.7. The smallest absolute Gasteiger partial charge is 0.0105 e. The van der Waals surface area contributed by atoms with Gasteiger partial charge in [-0.15, -0.1) is 0 Å². The molecule has 0 atom stereocenters. The van der Waals surface area contributed by atoms with Gasteiger partial charge in [0.25, 0.3) is 0 Å². The van der Waals surface area contributed by atoms with Gasteiger partial charge in [-0.05, 0) is 90.3 Å². The van der Waals surface area contributed by atoms with E-state index in [9.17, 15) is 0 Å². The van der Waals surface area contributed by atoms with E-state index < -0.39 is 0 Å². The first kappa shape index (κ1) is 22.3. The summed E-state index contributed by atoms with van der Waals surface area (Å²) in [7, 11) is 0. The van der Waals surface area contributed by atoms with Crippen molar-refractivity contribution in [2.75, 3.05) is 0 Å². The monoisotopic (exact) mass is 482 g/mol. The molecule has 0 aliphatic heterocycles. The molecule has 0 spiro atoms. The maximum Gasteiger partial charge on any atom is -0.0105 e. The molecule has 7 rings (SSSR count). The van der Waals surface area contributed by atoms with Crippen LogP contribution >= 0.6 is 0 Å². The highest BCUT2D eigenvalue weighted by Gasteiger charge is 2.07. The molecule has 0 bridgehead atoms. The molecule has 0 N–H and O–H groups in total. The van der Waals surface area contributed by atoms with E-state index in [2.05, 4.69) is 158 Å². The molecule has 38 heavy (non-hydrogen) atoms. The average Bonchev–Trinajstić information content (AvgIpc) is 3.01. The van der Waals surface area contributed by atoms with Crippen molar-refractivity contribution in [3.63, 3.8) is 0 Å². The fraction of sp³-hybridized carbons (Fsp3) is 0. The van der Waals surface area contributed by atoms with Gasteiger partial charge in [-0.25, -0.2) is 0 Å². The van der Waals surface area contributed by atoms with E-state index in [0.717, 1.165) is 0 Å². The Morgan fingerprint density at radius 2 is 0.632 bits per heavy atom. The fourth-order valence-corrected chi connectivity index (χ4v) is 5.46. The van der Waals surface area contributed by atoms with Crippen LogP contribution in [0.15, 0.2) is 158 Å². The largest absolute Gasteiger partial charge is 0.0622 e. The van der Waals surface area contributed by atoms with Crippen LogP contribution in [0.2, 0.25) is 0 Å². The molecule has 0 heterocycles. The Kier molecular flexibility index (Phi) is 5.57. The van der Waals surface area contributed by atoms with E-state index >= 15 is 0 Å². The number of fused-ring (bicyclic) bond motifs is 3. The van der Waals surface area contributed by atoms with Crippen molar-refractivity contribution in [3.8, 4) is 44.5 Å². The summed E-state index contributed by atoms with van der Waals surface area (Å²) in [6.07, 6.45) is 0. The lowest BCUT2D eigenvalue weighted by Crippen LogP contribution is -1.85. The Morgan fingerprint density at radius 3 is 1.24 bits per heavy atom. The molecule has 0 fully saturated rings. The third kappa shape index (κ3) is 4.17. The van der Waals surface area contributed by atoms with Crippen LogP contribution in [-0.4, -0.2) is 0 Å². The molecule has 0 saturated carbocycles. The second-order valence-corrected chi connectivity index (χ2v) is 9.83. The van der Waals surface area contributed by atoms with E-state index in [1.165, 1.54) is 66.1 Å². The van der Waals surface area contributed by atoms with Crippen LogP contribution in [0.5, 0.6) is 0 Å². The normalized spacial score (nSPS) is 11.2. The lowest BCUT2D eigenvalue weighted by molar-refractivity contribution is 1.57. The number of hydrogen-bond donors (Lipinski definition) is 0. The van der Waals surface area contributed by atoms with Crippen LogP contribution in [0, 0.1) is 0 Å². The van der Waals surface area contributed by atoms with Crippen LogP contribution in [-0.2, 0) is 0 Å². The zero-order valence-corrected chi connectivity index (χ0v) is 21.0. The van der Waals surface area contributed by atoms with Gasteiger partial charge in [-0.1, -0.05) is 133 Å². The minimum atomic E-state index is 1.22. The second kappa shape index (κ2) is 9.50. The Hall–Kier alpha value is -4.94. The highest BCUT2D eigenvalue weighted by atomic mass is 14.1. The number of rotatable bonds is 4. The Morgan fingerprint density at radius 1 is 0.211 bits per heavy atom. The summed E-state index contributed by atoms with van der Waals surface area (Å²) in [4.78, 5) is 0. The highest BCUT2D eigenvalue weighted by molar-refractivity contribution is 6.08. The van der Waals surface area contributed by atoms with Crippen LogP contribution in [0.4, 0.5) is 0 Å². The van der Waals surface area contributed by atoms with Crippen LogP contribution < -0.4 is 0 Å². The summed E-state index contributed by atoms with van der Waals surface area (Å²) in [5, 5.41) is 5.16. The van der Waals surface area contributed by atoms with Crippen molar-refractivity contribution in [3.05, 3.63) is 158 Å². The van der Waals surface area contributed by atoms with Gasteiger partial charge >= 0.3 is 0 Å². The van der Waals surface area contributed by atoms with E-state index in [0.29, 0.717) is 0 Å². The SMILES string of the molecule is c1ccc(-c2cccc(-c3cccc(-c4cccc(-c5ccc6c(ccc7ccccc76)c5)c4)c3)c2)cc1. The third-order valence-corrected chi connectivity index (χ3v) is 7.44. The Labute approximate surface area is 223 Å². The molecule has 7 aromatic rings. The Bertz CT molecular complexity index is 1910. The molecular weight excluding hydrogens is 456 g/mol. The molecule has 0 heteroatoms. The predicted molar refractivity (Wildman–Crippen MR) is 163 cm³/mol. The zero-order valence-electron chi connectivity index (χ0n) is 21.0. The minimum Gasteiger partial charge on any atom is -0.0622 e. The van der Waals surface area contributed by atoms with Gasteiger partial charge in [0, 0.05) is 0 Å². The molecule has 0 saturated heterocycles. The topological polar surface area (TPSA) is 0 Å². The molecule has 0 aliphatic rings. The first-order valence-corrected chi connectivity index (χ1v) is 13.1. The molecule has 0 nitrogen and oxygen atoms in total. The van der Waals surface area contributed by atoms with Crippen molar-refractivity contribution in [2.45, 2.75) is 0 Å². The molecule has 0 amide bonds. The summed E-state index contributed by atoms with van der Waals surface area (Å²) in [6, 6.07) is 57.0. The quantitative estimate of drug-likeness (QED) is 0.219. The standard InChI is InChI=1S/C38H26/c1-2-9-27(10-3-1)29-12-6-13-30(23-29)31-14-7-15-32(24-31)33-16-8-17-34(25-33)35-21-22-38-36(26-35)20-19-28-11-4-5-18-37(28)38/h1-26H. The van der Waals surface area contributed by atoms with Gasteiger partial charge in [-0.2, -0.15) is 0 Å². The average molecular weight is 483 g/mol. The molecule has 0 unspecified atom stereocenters. The first-order chi connectivity index (χ1) is 18.8. The van der Waals surface area contributed by atoms with E-state index in [4.69, 9.17) is 0 Å². The molecular formula is C38H26. The Balaban J connectivity index is 1.25. The molecule has 7 aromatic carbocycles. The van der Waals surface area contributed by atoms with Crippen molar-refractivity contribution in [1.82, 2.24) is 0 Å². The van der Waals surface area contributed by atoms with Crippen molar-refractivity contribution in [2.24, 2.45) is 0 Å². The summed E-state index contributed by atoms with van der Waals surface area (Å²) in [5.74, 6) is 0. The summed E-state index contributed by atoms with van der Waals surface area (Å²) in [5.41, 5.74) is 9.84. The minimum absolute atomic E-state index is 1.22. The maximum atomic E-state index is 2.31. The van der Waals surface area contributed by atoms with Crippen LogP contribution in [0.1, 0.15) is 0 Å². The van der Waals surface area contributed by atoms with Crippen molar-refractivity contribution in [1.29, 1.82) is 0 Å². The number of benzene rings is 7. The highest BCUT2D eigenvalue weighted by Crippen LogP contribution is 2.33.